The zero-order chi connectivity index (χ0) is 15.6. The predicted molar refractivity (Wildman–Crippen MR) is 87.7 cm³/mol. The molecular weight excluding hydrogens is 318 g/mol. The van der Waals surface area contributed by atoms with E-state index in [9.17, 15) is 8.42 Å². The third-order valence-electron chi connectivity index (χ3n) is 3.67. The number of aryl methyl sites for hydroxylation is 2. The summed E-state index contributed by atoms with van der Waals surface area (Å²) in [5, 5.41) is 1.04. The first kappa shape index (κ1) is 15.6. The van der Waals surface area contributed by atoms with E-state index >= 15 is 0 Å². The first-order valence-corrected chi connectivity index (χ1v) is 9.83. The highest BCUT2D eigenvalue weighted by molar-refractivity contribution is 7.99. The van der Waals surface area contributed by atoms with Crippen LogP contribution in [0, 0.1) is 0 Å². The van der Waals surface area contributed by atoms with Gasteiger partial charge in [-0.3, -0.25) is 0 Å². The maximum Gasteiger partial charge on any atom is 0.240 e. The molecule has 0 aliphatic carbocycles. The van der Waals surface area contributed by atoms with E-state index in [4.69, 9.17) is 0 Å². The highest BCUT2D eigenvalue weighted by Crippen LogP contribution is 2.24. The molecule has 1 N–H and O–H groups in total. The molecule has 118 valence electrons. The van der Waals surface area contributed by atoms with Crippen molar-refractivity contribution in [3.8, 4) is 0 Å². The highest BCUT2D eigenvalue weighted by Gasteiger charge is 2.16. The summed E-state index contributed by atoms with van der Waals surface area (Å²) in [7, 11) is -3.44. The number of rotatable bonds is 6. The van der Waals surface area contributed by atoms with Gasteiger partial charge in [-0.05, 0) is 24.1 Å². The van der Waals surface area contributed by atoms with Crippen molar-refractivity contribution in [2.24, 2.45) is 0 Å². The van der Waals surface area contributed by atoms with Crippen molar-refractivity contribution in [1.82, 2.24) is 14.3 Å². The van der Waals surface area contributed by atoms with Gasteiger partial charge < -0.3 is 4.57 Å². The third kappa shape index (κ3) is 3.37. The fourth-order valence-corrected chi connectivity index (χ4v) is 4.38. The third-order valence-corrected chi connectivity index (χ3v) is 6.12. The first-order valence-electron chi connectivity index (χ1n) is 7.36. The number of sulfonamides is 1. The molecule has 0 spiro atoms. The van der Waals surface area contributed by atoms with Gasteiger partial charge in [-0.25, -0.2) is 18.1 Å². The van der Waals surface area contributed by atoms with E-state index in [1.165, 1.54) is 0 Å². The Bertz CT molecular complexity index is 730. The highest BCUT2D eigenvalue weighted by atomic mass is 32.2. The van der Waals surface area contributed by atoms with Gasteiger partial charge in [-0.1, -0.05) is 30.8 Å². The molecule has 2 aromatic rings. The van der Waals surface area contributed by atoms with E-state index in [2.05, 4.69) is 14.3 Å². The Labute approximate surface area is 135 Å². The maximum absolute atomic E-state index is 12.2. The number of nitrogens with one attached hydrogen (secondary N) is 1. The zero-order valence-electron chi connectivity index (χ0n) is 12.4. The van der Waals surface area contributed by atoms with Crippen molar-refractivity contribution in [2.45, 2.75) is 36.4 Å². The number of imidazole rings is 1. The quantitative estimate of drug-likeness (QED) is 0.876. The summed E-state index contributed by atoms with van der Waals surface area (Å²) in [6.07, 6.45) is 3.52. The fourth-order valence-electron chi connectivity index (χ4n) is 2.38. The second kappa shape index (κ2) is 6.44. The Hall–Kier alpha value is -1.31. The van der Waals surface area contributed by atoms with Gasteiger partial charge in [0.2, 0.25) is 10.0 Å². The molecule has 0 radical (unpaired) electrons. The summed E-state index contributed by atoms with van der Waals surface area (Å²) in [6.45, 7) is 3.39. The van der Waals surface area contributed by atoms with Crippen LogP contribution in [0.3, 0.4) is 0 Å². The van der Waals surface area contributed by atoms with Crippen LogP contribution in [0.25, 0.3) is 0 Å². The average Bonchev–Trinajstić information content (AvgIpc) is 3.08. The van der Waals surface area contributed by atoms with Crippen molar-refractivity contribution in [2.75, 3.05) is 12.3 Å². The number of benzene rings is 1. The molecule has 1 aliphatic heterocycles. The molecule has 7 heteroatoms. The van der Waals surface area contributed by atoms with E-state index in [1.807, 2.05) is 25.3 Å². The van der Waals surface area contributed by atoms with Gasteiger partial charge in [0.25, 0.3) is 0 Å². The molecule has 0 saturated carbocycles. The molecule has 1 aliphatic rings. The summed E-state index contributed by atoms with van der Waals surface area (Å²) in [5.74, 6) is 1.07. The van der Waals surface area contributed by atoms with Crippen LogP contribution >= 0.6 is 11.8 Å². The summed E-state index contributed by atoms with van der Waals surface area (Å²) < 4.78 is 29.2. The van der Waals surface area contributed by atoms with Crippen molar-refractivity contribution < 1.29 is 8.42 Å². The Balaban J connectivity index is 1.59. The van der Waals surface area contributed by atoms with Crippen molar-refractivity contribution in [3.63, 3.8) is 0 Å². The summed E-state index contributed by atoms with van der Waals surface area (Å²) >= 11 is 1.74. The molecule has 0 amide bonds. The topological polar surface area (TPSA) is 64.0 Å². The second-order valence-electron chi connectivity index (χ2n) is 5.20. The molecule has 0 unspecified atom stereocenters. The number of hydrogen-bond acceptors (Lipinski definition) is 4. The molecule has 1 aromatic carbocycles. The SMILES string of the molecule is CCc1ccc(S(=O)(=O)NCCc2cn3c(n2)SCC3)cc1. The number of fused-ring (bicyclic) bond motifs is 1. The Kier molecular flexibility index (Phi) is 4.56. The lowest BCUT2D eigenvalue weighted by molar-refractivity contribution is 0.581. The lowest BCUT2D eigenvalue weighted by atomic mass is 10.2. The Morgan fingerprint density at radius 1 is 1.32 bits per heavy atom. The minimum atomic E-state index is -3.44. The fraction of sp³-hybridized carbons (Fsp3) is 0.400. The van der Waals surface area contributed by atoms with Gasteiger partial charge in [0, 0.05) is 31.5 Å². The molecule has 2 heterocycles. The maximum atomic E-state index is 12.2. The van der Waals surface area contributed by atoms with Crippen molar-refractivity contribution >= 4 is 21.8 Å². The minimum Gasteiger partial charge on any atom is -0.325 e. The lowest BCUT2D eigenvalue weighted by Crippen LogP contribution is -2.26. The van der Waals surface area contributed by atoms with Gasteiger partial charge in [0.05, 0.1) is 10.6 Å². The van der Waals surface area contributed by atoms with E-state index in [1.54, 1.807) is 23.9 Å². The van der Waals surface area contributed by atoms with E-state index < -0.39 is 10.0 Å². The summed E-state index contributed by atoms with van der Waals surface area (Å²) in [5.41, 5.74) is 2.07. The summed E-state index contributed by atoms with van der Waals surface area (Å²) in [4.78, 5) is 4.81. The molecule has 22 heavy (non-hydrogen) atoms. The second-order valence-corrected chi connectivity index (χ2v) is 8.03. The number of nitrogens with zero attached hydrogens (tertiary/aromatic N) is 2. The molecule has 0 bridgehead atoms. The van der Waals surface area contributed by atoms with Crippen LogP contribution in [0.2, 0.25) is 0 Å². The normalized spacial score (nSPS) is 14.2. The van der Waals surface area contributed by atoms with Crippen LogP contribution in [-0.4, -0.2) is 30.3 Å². The molecule has 0 fully saturated rings. The van der Waals surface area contributed by atoms with Gasteiger partial charge in [0.15, 0.2) is 5.16 Å². The van der Waals surface area contributed by atoms with Crippen LogP contribution in [-0.2, 0) is 29.4 Å². The van der Waals surface area contributed by atoms with Gasteiger partial charge in [-0.2, -0.15) is 0 Å². The predicted octanol–water partition coefficient (Wildman–Crippen LogP) is 2.07. The van der Waals surface area contributed by atoms with Crippen LogP contribution < -0.4 is 4.72 Å². The molecule has 0 atom stereocenters. The molecule has 1 aromatic heterocycles. The lowest BCUT2D eigenvalue weighted by Gasteiger charge is -2.06. The summed E-state index contributed by atoms with van der Waals surface area (Å²) in [6, 6.07) is 7.02. The van der Waals surface area contributed by atoms with Crippen molar-refractivity contribution in [1.29, 1.82) is 0 Å². The van der Waals surface area contributed by atoms with Crippen LogP contribution in [0.15, 0.2) is 40.5 Å². The van der Waals surface area contributed by atoms with Crippen LogP contribution in [0.4, 0.5) is 0 Å². The monoisotopic (exact) mass is 337 g/mol. The minimum absolute atomic E-state index is 0.313. The van der Waals surface area contributed by atoms with E-state index in [-0.39, 0.29) is 0 Å². The molecule has 3 rings (SSSR count). The molecule has 5 nitrogen and oxygen atoms in total. The average molecular weight is 337 g/mol. The Morgan fingerprint density at radius 2 is 2.09 bits per heavy atom. The smallest absolute Gasteiger partial charge is 0.240 e. The molecule has 0 saturated heterocycles. The van der Waals surface area contributed by atoms with Gasteiger partial charge in [0.1, 0.15) is 0 Å². The van der Waals surface area contributed by atoms with Crippen LogP contribution in [0.5, 0.6) is 0 Å². The number of thioether (sulfide) groups is 1. The van der Waals surface area contributed by atoms with Crippen molar-refractivity contribution in [3.05, 3.63) is 41.7 Å². The largest absolute Gasteiger partial charge is 0.325 e. The standard InChI is InChI=1S/C15H19N3O2S2/c1-2-12-3-5-14(6-4-12)22(19,20)16-8-7-13-11-18-9-10-21-15(18)17-13/h3-6,11,16H,2,7-10H2,1H3. The first-order chi connectivity index (χ1) is 10.6. The number of hydrogen-bond donors (Lipinski definition) is 1. The molecular formula is C15H19N3O2S2. The Morgan fingerprint density at radius 3 is 2.77 bits per heavy atom. The number of aromatic nitrogens is 2. The van der Waals surface area contributed by atoms with Gasteiger partial charge >= 0.3 is 0 Å². The van der Waals surface area contributed by atoms with Gasteiger partial charge in [-0.15, -0.1) is 0 Å². The van der Waals surface area contributed by atoms with E-state index in [0.29, 0.717) is 17.9 Å². The van der Waals surface area contributed by atoms with Crippen LogP contribution in [0.1, 0.15) is 18.2 Å². The van der Waals surface area contributed by atoms with E-state index in [0.717, 1.165) is 35.1 Å². The zero-order valence-corrected chi connectivity index (χ0v) is 14.1.